The molecule has 0 aromatic heterocycles. The molecule has 1 heterocycles. The third-order valence-electron chi connectivity index (χ3n) is 4.97. The second-order valence-electron chi connectivity index (χ2n) is 7.44. The fourth-order valence-electron chi connectivity index (χ4n) is 3.33. The molecule has 0 aromatic carbocycles. The number of ether oxygens (including phenoxy) is 1. The van der Waals surface area contributed by atoms with Crippen LogP contribution >= 0.6 is 0 Å². The van der Waals surface area contributed by atoms with Crippen molar-refractivity contribution in [2.75, 3.05) is 13.2 Å². The summed E-state index contributed by atoms with van der Waals surface area (Å²) in [7, 11) is 0. The molecule has 0 amide bonds. The number of nitrogens with zero attached hydrogens (tertiary/aromatic N) is 1. The third kappa shape index (κ3) is 13.1. The lowest BCUT2D eigenvalue weighted by molar-refractivity contribution is 0.314. The molecule has 0 aromatic rings. The van der Waals surface area contributed by atoms with Crippen LogP contribution < -0.4 is 5.73 Å². The van der Waals surface area contributed by atoms with Crippen molar-refractivity contribution < 1.29 is 4.74 Å². The summed E-state index contributed by atoms with van der Waals surface area (Å²) >= 11 is 0. The average molecular weight is 351 g/mol. The maximum Gasteiger partial charge on any atom is 0.208 e. The molecule has 1 aliphatic heterocycles. The number of nitrogens with two attached hydrogens (primary N) is 1. The first-order valence-corrected chi connectivity index (χ1v) is 10.9. The van der Waals surface area contributed by atoms with Gasteiger partial charge in [-0.2, -0.15) is 0 Å². The number of allylic oxidation sites excluding steroid dienone is 1. The Kier molecular flexibility index (Phi) is 14.8. The second-order valence-corrected chi connectivity index (χ2v) is 7.44. The second kappa shape index (κ2) is 16.6. The molecule has 0 radical (unpaired) electrons. The predicted molar refractivity (Wildman–Crippen MR) is 110 cm³/mol. The van der Waals surface area contributed by atoms with E-state index in [9.17, 15) is 0 Å². The largest absolute Gasteiger partial charge is 0.476 e. The van der Waals surface area contributed by atoms with Gasteiger partial charge in [-0.15, -0.1) is 0 Å². The van der Waals surface area contributed by atoms with Crippen LogP contribution in [0.1, 0.15) is 103 Å². The highest BCUT2D eigenvalue weighted by Gasteiger charge is 2.15. The number of unbranched alkanes of at least 4 members (excludes halogenated alkanes) is 13. The van der Waals surface area contributed by atoms with E-state index >= 15 is 0 Å². The predicted octanol–water partition coefficient (Wildman–Crippen LogP) is 6.17. The lowest BCUT2D eigenvalue weighted by atomic mass is 10.0. The topological polar surface area (TPSA) is 47.6 Å². The van der Waals surface area contributed by atoms with Gasteiger partial charge < -0.3 is 10.5 Å². The summed E-state index contributed by atoms with van der Waals surface area (Å²) in [5.74, 6) is 0.799. The fraction of sp³-hybridized carbons (Fsp3) is 0.864. The molecule has 0 spiro atoms. The Hall–Kier alpha value is -0.830. The van der Waals surface area contributed by atoms with Crippen molar-refractivity contribution in [2.24, 2.45) is 10.7 Å². The van der Waals surface area contributed by atoms with Gasteiger partial charge in [-0.25, -0.2) is 4.99 Å². The molecule has 3 nitrogen and oxygen atoms in total. The van der Waals surface area contributed by atoms with Crippen LogP contribution in [0, 0.1) is 0 Å². The Labute approximate surface area is 156 Å². The van der Waals surface area contributed by atoms with E-state index in [1.165, 1.54) is 83.5 Å². The SMILES string of the molecule is CCCCCCCCCCCCCCCC=CC1=NC(CCN)CO1. The molecule has 3 heteroatoms. The first-order chi connectivity index (χ1) is 12.4. The molecule has 1 rings (SSSR count). The van der Waals surface area contributed by atoms with E-state index in [1.54, 1.807) is 0 Å². The summed E-state index contributed by atoms with van der Waals surface area (Å²) in [5.41, 5.74) is 5.55. The van der Waals surface area contributed by atoms with Crippen molar-refractivity contribution in [3.63, 3.8) is 0 Å². The zero-order chi connectivity index (χ0) is 18.0. The van der Waals surface area contributed by atoms with E-state index in [0.29, 0.717) is 13.2 Å². The van der Waals surface area contributed by atoms with Crippen LogP contribution in [0.25, 0.3) is 0 Å². The van der Waals surface area contributed by atoms with E-state index in [0.717, 1.165) is 18.7 Å². The van der Waals surface area contributed by atoms with E-state index in [-0.39, 0.29) is 6.04 Å². The van der Waals surface area contributed by atoms with Gasteiger partial charge in [-0.05, 0) is 31.9 Å². The van der Waals surface area contributed by atoms with Crippen molar-refractivity contribution in [3.05, 3.63) is 12.2 Å². The average Bonchev–Trinajstić information content (AvgIpc) is 3.06. The molecular weight excluding hydrogens is 308 g/mol. The van der Waals surface area contributed by atoms with Crippen molar-refractivity contribution in [3.8, 4) is 0 Å². The standard InChI is InChI=1S/C22H42N2O/c1-2-3-4-5-6-7-8-9-10-11-12-13-14-15-16-17-22-24-21(18-19-23)20-25-22/h16-17,21H,2-15,18-20,23H2,1H3. The summed E-state index contributed by atoms with van der Waals surface area (Å²) < 4.78 is 5.54. The highest BCUT2D eigenvalue weighted by Crippen LogP contribution is 2.13. The third-order valence-corrected chi connectivity index (χ3v) is 4.97. The molecule has 146 valence electrons. The molecule has 2 N–H and O–H groups in total. The Morgan fingerprint density at radius 2 is 1.48 bits per heavy atom. The Bertz CT molecular complexity index is 352. The molecular formula is C22H42N2O. The first kappa shape index (κ1) is 22.2. The molecule has 1 atom stereocenters. The summed E-state index contributed by atoms with van der Waals surface area (Å²) in [6.07, 6.45) is 24.6. The molecule has 25 heavy (non-hydrogen) atoms. The van der Waals surface area contributed by atoms with Gasteiger partial charge in [0.1, 0.15) is 6.61 Å². The summed E-state index contributed by atoms with van der Waals surface area (Å²) in [6.45, 7) is 3.68. The number of aliphatic imine (C=N–C) groups is 1. The molecule has 1 aliphatic rings. The Morgan fingerprint density at radius 1 is 0.920 bits per heavy atom. The van der Waals surface area contributed by atoms with Crippen molar-refractivity contribution in [2.45, 2.75) is 109 Å². The van der Waals surface area contributed by atoms with Gasteiger partial charge in [-0.3, -0.25) is 0 Å². The van der Waals surface area contributed by atoms with E-state index in [1.807, 2.05) is 6.08 Å². The lowest BCUT2D eigenvalue weighted by Crippen LogP contribution is -2.12. The lowest BCUT2D eigenvalue weighted by Gasteiger charge is -2.02. The maximum atomic E-state index is 5.55. The zero-order valence-electron chi connectivity index (χ0n) is 16.7. The van der Waals surface area contributed by atoms with E-state index < -0.39 is 0 Å². The number of hydrogen-bond acceptors (Lipinski definition) is 3. The molecule has 0 aliphatic carbocycles. The fourth-order valence-corrected chi connectivity index (χ4v) is 3.33. The van der Waals surface area contributed by atoms with Crippen LogP contribution in [0.3, 0.4) is 0 Å². The molecule has 0 saturated heterocycles. The minimum Gasteiger partial charge on any atom is -0.476 e. The van der Waals surface area contributed by atoms with Crippen LogP contribution in [0.4, 0.5) is 0 Å². The van der Waals surface area contributed by atoms with Gasteiger partial charge >= 0.3 is 0 Å². The van der Waals surface area contributed by atoms with Crippen LogP contribution in [0.2, 0.25) is 0 Å². The van der Waals surface area contributed by atoms with Gasteiger partial charge in [0.05, 0.1) is 6.04 Å². The van der Waals surface area contributed by atoms with Gasteiger partial charge in [0, 0.05) is 0 Å². The molecule has 1 unspecified atom stereocenters. The van der Waals surface area contributed by atoms with Crippen molar-refractivity contribution in [1.82, 2.24) is 0 Å². The molecule has 0 saturated carbocycles. The maximum absolute atomic E-state index is 5.55. The summed E-state index contributed by atoms with van der Waals surface area (Å²) in [4.78, 5) is 4.51. The Morgan fingerprint density at radius 3 is 2.04 bits per heavy atom. The van der Waals surface area contributed by atoms with Crippen LogP contribution in [-0.2, 0) is 4.74 Å². The molecule has 0 bridgehead atoms. The van der Waals surface area contributed by atoms with Gasteiger partial charge in [0.15, 0.2) is 0 Å². The van der Waals surface area contributed by atoms with Crippen molar-refractivity contribution >= 4 is 5.90 Å². The minimum atomic E-state index is 0.279. The smallest absolute Gasteiger partial charge is 0.208 e. The summed E-state index contributed by atoms with van der Waals surface area (Å²) in [6, 6.07) is 0.279. The number of rotatable bonds is 17. The van der Waals surface area contributed by atoms with E-state index in [4.69, 9.17) is 10.5 Å². The van der Waals surface area contributed by atoms with Crippen molar-refractivity contribution in [1.29, 1.82) is 0 Å². The highest BCUT2D eigenvalue weighted by atomic mass is 16.5. The quantitative estimate of drug-likeness (QED) is 0.319. The first-order valence-electron chi connectivity index (χ1n) is 10.9. The van der Waals surface area contributed by atoms with Crippen LogP contribution in [-0.4, -0.2) is 25.1 Å². The molecule has 0 fully saturated rings. The number of hydrogen-bond donors (Lipinski definition) is 1. The highest BCUT2D eigenvalue weighted by molar-refractivity contribution is 5.88. The normalized spacial score (nSPS) is 17.2. The van der Waals surface area contributed by atoms with E-state index in [2.05, 4.69) is 18.0 Å². The summed E-state index contributed by atoms with van der Waals surface area (Å²) in [5, 5.41) is 0. The minimum absolute atomic E-state index is 0.279. The van der Waals surface area contributed by atoms with Gasteiger partial charge in [0.2, 0.25) is 5.90 Å². The van der Waals surface area contributed by atoms with Crippen LogP contribution in [0.15, 0.2) is 17.1 Å². The van der Waals surface area contributed by atoms with Crippen LogP contribution in [0.5, 0.6) is 0 Å². The Balaban J connectivity index is 1.80. The van der Waals surface area contributed by atoms with Gasteiger partial charge in [0.25, 0.3) is 0 Å². The monoisotopic (exact) mass is 350 g/mol. The zero-order valence-corrected chi connectivity index (χ0v) is 16.7. The van der Waals surface area contributed by atoms with Gasteiger partial charge in [-0.1, -0.05) is 90.0 Å².